The topological polar surface area (TPSA) is 62.3 Å². The molecule has 92 valence electrons. The van der Waals surface area contributed by atoms with Crippen molar-refractivity contribution < 1.29 is 9.59 Å². The number of hydrogen-bond donors (Lipinski definition) is 1. The zero-order valence-electron chi connectivity index (χ0n) is 10.4. The van der Waals surface area contributed by atoms with Gasteiger partial charge in [-0.15, -0.1) is 0 Å². The number of carbonyl (C=O) groups is 2. The lowest BCUT2D eigenvalue weighted by molar-refractivity contribution is -0.120. The molecule has 1 aliphatic rings. The summed E-state index contributed by atoms with van der Waals surface area (Å²) in [6, 6.07) is 3.27. The van der Waals surface area contributed by atoms with E-state index in [0.717, 1.165) is 5.69 Å². The van der Waals surface area contributed by atoms with E-state index < -0.39 is 0 Å². The quantitative estimate of drug-likeness (QED) is 0.808. The lowest BCUT2D eigenvalue weighted by Gasteiger charge is -2.26. The van der Waals surface area contributed by atoms with Gasteiger partial charge in [0.2, 0.25) is 5.91 Å². The van der Waals surface area contributed by atoms with E-state index >= 15 is 0 Å². The summed E-state index contributed by atoms with van der Waals surface area (Å²) in [4.78, 5) is 28.0. The van der Waals surface area contributed by atoms with Crippen LogP contribution in [0.3, 0.4) is 0 Å². The van der Waals surface area contributed by atoms with Crippen molar-refractivity contribution in [2.24, 2.45) is 0 Å². The van der Waals surface area contributed by atoms with E-state index in [-0.39, 0.29) is 11.9 Å². The van der Waals surface area contributed by atoms with E-state index in [1.54, 1.807) is 6.20 Å². The van der Waals surface area contributed by atoms with Gasteiger partial charge in [0.15, 0.2) is 0 Å². The molecule has 0 aromatic carbocycles. The molecule has 1 saturated heterocycles. The molecule has 1 N–H and O–H groups in total. The zero-order chi connectivity index (χ0) is 12.8. The zero-order valence-corrected chi connectivity index (χ0v) is 10.4. The number of nitrogens with zero attached hydrogens (tertiary/aromatic N) is 2. The first kappa shape index (κ1) is 13.2. The standard InChI is InChI=1S/C10H11N3O2.C2H6/c1-7-2-3-8(6-11-7)13-5-4-9(14)12-10(13)15;1-2/h2-3,6H,4-5H2,1H3,(H,12,14,15);1-2H3. The first-order chi connectivity index (χ1) is 8.16. The van der Waals surface area contributed by atoms with Gasteiger partial charge in [0.1, 0.15) is 0 Å². The maximum atomic E-state index is 11.5. The molecule has 1 fully saturated rings. The largest absolute Gasteiger partial charge is 0.328 e. The molecular formula is C12H17N3O2. The molecule has 3 amide bonds. The van der Waals surface area contributed by atoms with Gasteiger partial charge >= 0.3 is 6.03 Å². The van der Waals surface area contributed by atoms with E-state index in [1.807, 2.05) is 32.9 Å². The Morgan fingerprint density at radius 2 is 2.00 bits per heavy atom. The van der Waals surface area contributed by atoms with Gasteiger partial charge in [0.25, 0.3) is 0 Å². The Bertz CT molecular complexity index is 401. The van der Waals surface area contributed by atoms with Crippen molar-refractivity contribution in [3.8, 4) is 0 Å². The third-order valence-corrected chi connectivity index (χ3v) is 2.26. The smallest absolute Gasteiger partial charge is 0.292 e. The molecule has 0 atom stereocenters. The number of urea groups is 1. The summed E-state index contributed by atoms with van der Waals surface area (Å²) >= 11 is 0. The number of hydrogen-bond acceptors (Lipinski definition) is 3. The van der Waals surface area contributed by atoms with Gasteiger partial charge in [0.05, 0.1) is 11.9 Å². The fourth-order valence-corrected chi connectivity index (χ4v) is 1.43. The highest BCUT2D eigenvalue weighted by molar-refractivity contribution is 6.05. The van der Waals surface area contributed by atoms with Crippen LogP contribution in [0.1, 0.15) is 26.0 Å². The van der Waals surface area contributed by atoms with Crippen LogP contribution >= 0.6 is 0 Å². The normalized spacial score (nSPS) is 14.9. The predicted molar refractivity (Wildman–Crippen MR) is 65.8 cm³/mol. The van der Waals surface area contributed by atoms with Gasteiger partial charge in [-0.2, -0.15) is 0 Å². The molecule has 2 heterocycles. The van der Waals surface area contributed by atoms with Crippen molar-refractivity contribution in [3.63, 3.8) is 0 Å². The lowest BCUT2D eigenvalue weighted by Crippen LogP contribution is -2.49. The summed E-state index contributed by atoms with van der Waals surface area (Å²) in [7, 11) is 0. The summed E-state index contributed by atoms with van der Waals surface area (Å²) in [5.41, 5.74) is 1.61. The first-order valence-electron chi connectivity index (χ1n) is 5.71. The fraction of sp³-hybridized carbons (Fsp3) is 0.417. The molecule has 0 bridgehead atoms. The van der Waals surface area contributed by atoms with Crippen LogP contribution in [-0.2, 0) is 4.79 Å². The summed E-state index contributed by atoms with van der Waals surface area (Å²) in [5.74, 6) is -0.226. The Balaban J connectivity index is 0.000000686. The SMILES string of the molecule is CC.Cc1ccc(N2CCC(=O)NC2=O)cn1. The second kappa shape index (κ2) is 5.98. The number of aromatic nitrogens is 1. The average molecular weight is 235 g/mol. The molecule has 5 heteroatoms. The number of anilines is 1. The van der Waals surface area contributed by atoms with Crippen LogP contribution in [-0.4, -0.2) is 23.5 Å². The molecule has 5 nitrogen and oxygen atoms in total. The van der Waals surface area contributed by atoms with Gasteiger partial charge in [-0.3, -0.25) is 20.0 Å². The van der Waals surface area contributed by atoms with Crippen molar-refractivity contribution in [2.75, 3.05) is 11.4 Å². The van der Waals surface area contributed by atoms with Gasteiger partial charge in [0, 0.05) is 18.7 Å². The molecule has 17 heavy (non-hydrogen) atoms. The third kappa shape index (κ3) is 3.27. The number of aryl methyl sites for hydroxylation is 1. The lowest BCUT2D eigenvalue weighted by atomic mass is 10.2. The number of pyridine rings is 1. The highest BCUT2D eigenvalue weighted by Crippen LogP contribution is 2.15. The van der Waals surface area contributed by atoms with Crippen LogP contribution in [0.15, 0.2) is 18.3 Å². The minimum atomic E-state index is -0.378. The molecule has 0 radical (unpaired) electrons. The molecule has 0 aliphatic carbocycles. The molecule has 2 rings (SSSR count). The minimum Gasteiger partial charge on any atom is -0.292 e. The second-order valence-corrected chi connectivity index (χ2v) is 3.41. The average Bonchev–Trinajstić information content (AvgIpc) is 2.33. The molecule has 0 saturated carbocycles. The van der Waals surface area contributed by atoms with Crippen molar-refractivity contribution in [1.29, 1.82) is 0 Å². The molecular weight excluding hydrogens is 218 g/mol. The number of imide groups is 1. The van der Waals surface area contributed by atoms with Crippen LogP contribution in [0, 0.1) is 6.92 Å². The molecule has 1 aromatic heterocycles. The Hall–Kier alpha value is -1.91. The van der Waals surface area contributed by atoms with Crippen LogP contribution < -0.4 is 10.2 Å². The fourth-order valence-electron chi connectivity index (χ4n) is 1.43. The summed E-state index contributed by atoms with van der Waals surface area (Å²) in [6.07, 6.45) is 1.96. The van der Waals surface area contributed by atoms with E-state index in [0.29, 0.717) is 18.7 Å². The molecule has 0 unspecified atom stereocenters. The Kier molecular flexibility index (Phi) is 4.63. The van der Waals surface area contributed by atoms with Gasteiger partial charge in [-0.05, 0) is 19.1 Å². The number of carbonyl (C=O) groups excluding carboxylic acids is 2. The van der Waals surface area contributed by atoms with Crippen LogP contribution in [0.4, 0.5) is 10.5 Å². The Labute approximate surface area is 101 Å². The summed E-state index contributed by atoms with van der Waals surface area (Å²) in [5, 5.41) is 2.26. The van der Waals surface area contributed by atoms with Crippen molar-refractivity contribution in [2.45, 2.75) is 27.2 Å². The van der Waals surface area contributed by atoms with E-state index in [4.69, 9.17) is 0 Å². The number of amides is 3. The van der Waals surface area contributed by atoms with Crippen molar-refractivity contribution >= 4 is 17.6 Å². The molecule has 1 aromatic rings. The van der Waals surface area contributed by atoms with Gasteiger partial charge < -0.3 is 0 Å². The monoisotopic (exact) mass is 235 g/mol. The van der Waals surface area contributed by atoms with Crippen molar-refractivity contribution in [1.82, 2.24) is 10.3 Å². The summed E-state index contributed by atoms with van der Waals surface area (Å²) < 4.78 is 0. The van der Waals surface area contributed by atoms with E-state index in [1.165, 1.54) is 4.90 Å². The highest BCUT2D eigenvalue weighted by atomic mass is 16.2. The van der Waals surface area contributed by atoms with Crippen molar-refractivity contribution in [3.05, 3.63) is 24.0 Å². The molecule has 0 spiro atoms. The van der Waals surface area contributed by atoms with Crippen LogP contribution in [0.2, 0.25) is 0 Å². The van der Waals surface area contributed by atoms with E-state index in [9.17, 15) is 9.59 Å². The minimum absolute atomic E-state index is 0.226. The van der Waals surface area contributed by atoms with Crippen LogP contribution in [0.25, 0.3) is 0 Å². The number of nitrogens with one attached hydrogen (secondary N) is 1. The van der Waals surface area contributed by atoms with Gasteiger partial charge in [-0.25, -0.2) is 4.79 Å². The third-order valence-electron chi connectivity index (χ3n) is 2.26. The Morgan fingerprint density at radius 3 is 2.53 bits per heavy atom. The van der Waals surface area contributed by atoms with E-state index in [2.05, 4.69) is 10.3 Å². The maximum Gasteiger partial charge on any atom is 0.328 e. The number of rotatable bonds is 1. The maximum absolute atomic E-state index is 11.5. The predicted octanol–water partition coefficient (Wildman–Crippen LogP) is 1.86. The second-order valence-electron chi connectivity index (χ2n) is 3.41. The summed E-state index contributed by atoms with van der Waals surface area (Å²) in [6.45, 7) is 6.29. The Morgan fingerprint density at radius 1 is 1.29 bits per heavy atom. The highest BCUT2D eigenvalue weighted by Gasteiger charge is 2.23. The van der Waals surface area contributed by atoms with Gasteiger partial charge in [-0.1, -0.05) is 13.8 Å². The molecule has 1 aliphatic heterocycles. The first-order valence-corrected chi connectivity index (χ1v) is 5.71. The van der Waals surface area contributed by atoms with Crippen LogP contribution in [0.5, 0.6) is 0 Å².